The Balaban J connectivity index is 2.60. The van der Waals surface area contributed by atoms with Crippen molar-refractivity contribution in [1.82, 2.24) is 0 Å². The summed E-state index contributed by atoms with van der Waals surface area (Å²) < 4.78 is 4.95. The summed E-state index contributed by atoms with van der Waals surface area (Å²) in [6.07, 6.45) is 3.15. The van der Waals surface area contributed by atoms with Crippen molar-refractivity contribution in [2.75, 3.05) is 0 Å². The lowest BCUT2D eigenvalue weighted by Crippen LogP contribution is -2.42. The largest absolute Gasteiger partial charge is 0.456 e. The smallest absolute Gasteiger partial charge is 0.309 e. The van der Waals surface area contributed by atoms with Crippen molar-refractivity contribution in [3.8, 4) is 0 Å². The van der Waals surface area contributed by atoms with Gasteiger partial charge in [-0.2, -0.15) is 0 Å². The summed E-state index contributed by atoms with van der Waals surface area (Å²) >= 11 is 5.86. The van der Waals surface area contributed by atoms with Gasteiger partial charge in [0.1, 0.15) is 11.5 Å². The van der Waals surface area contributed by atoms with Gasteiger partial charge in [0.2, 0.25) is 0 Å². The maximum absolute atomic E-state index is 10.9. The second kappa shape index (κ2) is 4.63. The van der Waals surface area contributed by atoms with Crippen LogP contribution in [0.4, 0.5) is 0 Å². The molecule has 0 aliphatic carbocycles. The molecule has 0 aromatic carbocycles. The van der Waals surface area contributed by atoms with E-state index in [1.165, 1.54) is 0 Å². The average molecular weight is 205 g/mol. The number of aliphatic hydroxyl groups is 1. The van der Waals surface area contributed by atoms with E-state index in [2.05, 4.69) is 0 Å². The predicted molar refractivity (Wildman–Crippen MR) is 49.6 cm³/mol. The van der Waals surface area contributed by atoms with E-state index in [0.29, 0.717) is 0 Å². The highest BCUT2D eigenvalue weighted by molar-refractivity contribution is 6.22. The lowest BCUT2D eigenvalue weighted by molar-refractivity contribution is -0.156. The van der Waals surface area contributed by atoms with E-state index in [9.17, 15) is 9.90 Å². The molecule has 74 valence electrons. The Kier molecular flexibility index (Phi) is 3.75. The fourth-order valence-electron chi connectivity index (χ4n) is 1.18. The Bertz CT molecular complexity index is 215. The number of rotatable bonds is 2. The van der Waals surface area contributed by atoms with Gasteiger partial charge in [0.25, 0.3) is 0 Å². The summed E-state index contributed by atoms with van der Waals surface area (Å²) in [7, 11) is 0. The highest BCUT2D eigenvalue weighted by Crippen LogP contribution is 2.22. The van der Waals surface area contributed by atoms with Crippen molar-refractivity contribution in [2.24, 2.45) is 0 Å². The van der Waals surface area contributed by atoms with Crippen molar-refractivity contribution in [3.05, 3.63) is 12.2 Å². The Labute approximate surface area is 82.3 Å². The lowest BCUT2D eigenvalue weighted by Gasteiger charge is -2.28. The first-order chi connectivity index (χ1) is 6.15. The molecule has 13 heavy (non-hydrogen) atoms. The molecule has 0 saturated carbocycles. The number of ether oxygens (including phenoxy) is 1. The molecule has 4 heteroatoms. The van der Waals surface area contributed by atoms with Crippen molar-refractivity contribution < 1.29 is 14.6 Å². The van der Waals surface area contributed by atoms with Crippen LogP contribution >= 0.6 is 11.6 Å². The zero-order valence-corrected chi connectivity index (χ0v) is 8.20. The van der Waals surface area contributed by atoms with Crippen LogP contribution in [0.25, 0.3) is 0 Å². The first kappa shape index (κ1) is 10.5. The van der Waals surface area contributed by atoms with Gasteiger partial charge in [-0.15, -0.1) is 11.6 Å². The van der Waals surface area contributed by atoms with Crippen LogP contribution in [0.3, 0.4) is 0 Å². The number of esters is 1. The third-order valence-electron chi connectivity index (χ3n) is 1.89. The molecule has 1 fully saturated rings. The first-order valence-corrected chi connectivity index (χ1v) is 4.77. The van der Waals surface area contributed by atoms with Crippen LogP contribution < -0.4 is 0 Å². The van der Waals surface area contributed by atoms with E-state index in [-0.39, 0.29) is 6.42 Å². The molecule has 1 aliphatic heterocycles. The zero-order valence-electron chi connectivity index (χ0n) is 7.44. The number of carbonyl (C=O) groups excluding carboxylic acids is 1. The Morgan fingerprint density at radius 1 is 1.77 bits per heavy atom. The standard InChI is InChI=1S/C9H13ClO3/c1-2-3-4-7-9(10)6(11)5-8(12)13-7/h3-4,6-7,9,11H,2,5H2,1H3/b4-3+/t6-,7-,9+/m1/s1. The molecule has 1 N–H and O–H groups in total. The number of alkyl halides is 1. The van der Waals surface area contributed by atoms with Crippen LogP contribution in [-0.4, -0.2) is 28.7 Å². The summed E-state index contributed by atoms with van der Waals surface area (Å²) in [6.45, 7) is 1.97. The topological polar surface area (TPSA) is 46.5 Å². The van der Waals surface area contributed by atoms with Crippen molar-refractivity contribution in [2.45, 2.75) is 37.4 Å². The van der Waals surface area contributed by atoms with Crippen LogP contribution in [0.1, 0.15) is 19.8 Å². The normalized spacial score (nSPS) is 35.0. The van der Waals surface area contributed by atoms with Gasteiger partial charge in [0.15, 0.2) is 0 Å². The lowest BCUT2D eigenvalue weighted by atomic mass is 10.0. The second-order valence-electron chi connectivity index (χ2n) is 3.01. The number of carbonyl (C=O) groups is 1. The van der Waals surface area contributed by atoms with Crippen LogP contribution in [0.2, 0.25) is 0 Å². The van der Waals surface area contributed by atoms with Crippen molar-refractivity contribution in [1.29, 1.82) is 0 Å². The van der Waals surface area contributed by atoms with Crippen molar-refractivity contribution in [3.63, 3.8) is 0 Å². The van der Waals surface area contributed by atoms with Gasteiger partial charge in [0.05, 0.1) is 12.5 Å². The first-order valence-electron chi connectivity index (χ1n) is 4.33. The van der Waals surface area contributed by atoms with Gasteiger partial charge in [-0.1, -0.05) is 13.0 Å². The highest BCUT2D eigenvalue weighted by atomic mass is 35.5. The molecule has 0 amide bonds. The molecular weight excluding hydrogens is 192 g/mol. The molecule has 0 spiro atoms. The van der Waals surface area contributed by atoms with Crippen LogP contribution in [0.15, 0.2) is 12.2 Å². The average Bonchev–Trinajstić information content (AvgIpc) is 2.09. The van der Waals surface area contributed by atoms with E-state index in [1.807, 2.05) is 13.0 Å². The zero-order chi connectivity index (χ0) is 9.84. The van der Waals surface area contributed by atoms with E-state index in [1.54, 1.807) is 6.08 Å². The molecule has 0 radical (unpaired) electrons. The molecule has 1 saturated heterocycles. The van der Waals surface area contributed by atoms with E-state index in [4.69, 9.17) is 16.3 Å². The Hall–Kier alpha value is -0.540. The summed E-state index contributed by atoms with van der Waals surface area (Å²) in [5.41, 5.74) is 0. The van der Waals surface area contributed by atoms with Gasteiger partial charge >= 0.3 is 5.97 Å². The van der Waals surface area contributed by atoms with Gasteiger partial charge in [-0.05, 0) is 12.5 Å². The number of cyclic esters (lactones) is 1. The van der Waals surface area contributed by atoms with Gasteiger partial charge in [-0.25, -0.2) is 0 Å². The quantitative estimate of drug-likeness (QED) is 0.418. The Morgan fingerprint density at radius 3 is 3.08 bits per heavy atom. The fourth-order valence-corrected chi connectivity index (χ4v) is 1.41. The minimum Gasteiger partial charge on any atom is -0.456 e. The second-order valence-corrected chi connectivity index (χ2v) is 3.51. The van der Waals surface area contributed by atoms with E-state index in [0.717, 1.165) is 6.42 Å². The maximum Gasteiger partial charge on any atom is 0.309 e. The summed E-state index contributed by atoms with van der Waals surface area (Å²) in [6, 6.07) is 0. The minimum atomic E-state index is -0.797. The molecule has 3 atom stereocenters. The monoisotopic (exact) mass is 204 g/mol. The Morgan fingerprint density at radius 2 is 2.46 bits per heavy atom. The van der Waals surface area contributed by atoms with Crippen LogP contribution in [-0.2, 0) is 9.53 Å². The summed E-state index contributed by atoms with van der Waals surface area (Å²) in [5, 5.41) is 8.82. The van der Waals surface area contributed by atoms with E-state index < -0.39 is 23.6 Å². The van der Waals surface area contributed by atoms with Crippen LogP contribution in [0, 0.1) is 0 Å². The number of hydrogen-bond donors (Lipinski definition) is 1. The van der Waals surface area contributed by atoms with Crippen molar-refractivity contribution >= 4 is 17.6 Å². The SMILES string of the molecule is CC/C=C/[C@H]1OC(=O)C[C@@H](O)[C@@H]1Cl. The van der Waals surface area contributed by atoms with E-state index >= 15 is 0 Å². The predicted octanol–water partition coefficient (Wildman–Crippen LogP) is 1.24. The van der Waals surface area contributed by atoms with Crippen LogP contribution in [0.5, 0.6) is 0 Å². The molecule has 0 aromatic rings. The van der Waals surface area contributed by atoms with Gasteiger partial charge in [-0.3, -0.25) is 4.79 Å². The van der Waals surface area contributed by atoms with Gasteiger partial charge in [0, 0.05) is 0 Å². The molecule has 0 unspecified atom stereocenters. The maximum atomic E-state index is 10.9. The highest BCUT2D eigenvalue weighted by Gasteiger charge is 2.34. The molecule has 0 aromatic heterocycles. The molecular formula is C9H13ClO3. The number of aliphatic hydroxyl groups excluding tert-OH is 1. The molecule has 1 heterocycles. The number of halogens is 1. The van der Waals surface area contributed by atoms with Gasteiger partial charge < -0.3 is 9.84 Å². The molecule has 3 nitrogen and oxygen atoms in total. The molecule has 1 aliphatic rings. The summed E-state index contributed by atoms with van der Waals surface area (Å²) in [4.78, 5) is 10.9. The summed E-state index contributed by atoms with van der Waals surface area (Å²) in [5.74, 6) is -0.393. The third kappa shape index (κ3) is 2.71. The molecule has 1 rings (SSSR count). The minimum absolute atomic E-state index is 0.00929. The number of allylic oxidation sites excluding steroid dienone is 1. The molecule has 0 bridgehead atoms. The number of hydrogen-bond acceptors (Lipinski definition) is 3. The third-order valence-corrected chi connectivity index (χ3v) is 2.43. The fraction of sp³-hybridized carbons (Fsp3) is 0.667.